The first kappa shape index (κ1) is 20.2. The third-order valence-electron chi connectivity index (χ3n) is 4.52. The fraction of sp³-hybridized carbons (Fsp3) is 0.476. The Balaban J connectivity index is 1.62. The summed E-state index contributed by atoms with van der Waals surface area (Å²) in [5, 5.41) is 8.63. The van der Waals surface area contributed by atoms with Crippen molar-refractivity contribution in [2.24, 2.45) is 10.2 Å². The molecule has 7 heteroatoms. The summed E-state index contributed by atoms with van der Waals surface area (Å²) in [5.74, 6) is 2.12. The van der Waals surface area contributed by atoms with E-state index in [1.54, 1.807) is 0 Å². The summed E-state index contributed by atoms with van der Waals surface area (Å²) < 4.78 is 11.3. The number of hydrogen-bond donors (Lipinski definition) is 0. The highest BCUT2D eigenvalue weighted by Gasteiger charge is 2.11. The van der Waals surface area contributed by atoms with Gasteiger partial charge in [0.2, 0.25) is 0 Å². The summed E-state index contributed by atoms with van der Waals surface area (Å²) >= 11 is 0. The number of nitrogens with zero attached hydrogens (tertiary/aromatic N) is 5. The van der Waals surface area contributed by atoms with E-state index in [1.807, 2.05) is 37.2 Å². The summed E-state index contributed by atoms with van der Waals surface area (Å²) in [4.78, 5) is 8.82. The average molecular weight is 383 g/mol. The quantitative estimate of drug-likeness (QED) is 0.654. The van der Waals surface area contributed by atoms with Crippen LogP contribution in [0.15, 0.2) is 46.6 Å². The zero-order chi connectivity index (χ0) is 19.8. The van der Waals surface area contributed by atoms with Crippen LogP contribution in [0.1, 0.15) is 11.1 Å². The smallest absolute Gasteiger partial charge is 0.179 e. The topological polar surface area (TPSA) is 62.6 Å². The molecule has 2 heterocycles. The first-order valence-electron chi connectivity index (χ1n) is 9.65. The number of anilines is 1. The number of aryl methyl sites for hydroxylation is 1. The van der Waals surface area contributed by atoms with Crippen molar-refractivity contribution in [1.82, 2.24) is 9.88 Å². The van der Waals surface area contributed by atoms with Crippen LogP contribution in [-0.2, 0) is 11.3 Å². The lowest BCUT2D eigenvalue weighted by atomic mass is 10.1. The molecule has 150 valence electrons. The van der Waals surface area contributed by atoms with E-state index >= 15 is 0 Å². The number of hydrogen-bond acceptors (Lipinski definition) is 7. The molecule has 3 rings (SSSR count). The fourth-order valence-corrected chi connectivity index (χ4v) is 2.96. The Morgan fingerprint density at radius 2 is 2.00 bits per heavy atom. The van der Waals surface area contributed by atoms with Gasteiger partial charge in [0, 0.05) is 45.9 Å². The van der Waals surface area contributed by atoms with Gasteiger partial charge in [0.05, 0.1) is 19.8 Å². The molecule has 0 bridgehead atoms. The van der Waals surface area contributed by atoms with Crippen LogP contribution in [0.25, 0.3) is 0 Å². The first-order chi connectivity index (χ1) is 13.6. The van der Waals surface area contributed by atoms with Crippen LogP contribution < -0.4 is 9.64 Å². The normalized spacial score (nSPS) is 15.1. The largest absolute Gasteiger partial charge is 0.492 e. The van der Waals surface area contributed by atoms with Crippen LogP contribution in [0, 0.1) is 6.92 Å². The second kappa shape index (κ2) is 10.1. The fourth-order valence-electron chi connectivity index (χ4n) is 2.96. The SMILES string of the molecule is Cc1cccc(CN=Nc2cc(OCCN3CCOCC3)cc(N(C)C)n2)c1. The van der Waals surface area contributed by atoms with Gasteiger partial charge in [-0.2, -0.15) is 5.11 Å². The molecule has 0 N–H and O–H groups in total. The molecular weight excluding hydrogens is 354 g/mol. The third-order valence-corrected chi connectivity index (χ3v) is 4.52. The van der Waals surface area contributed by atoms with Crippen molar-refractivity contribution < 1.29 is 9.47 Å². The standard InChI is InChI=1S/C21H29N5O2/c1-17-5-4-6-18(13-17)16-22-24-20-14-19(15-21(23-20)25(2)3)28-12-9-26-7-10-27-11-8-26/h4-6,13-15H,7-12,16H2,1-3H3. The van der Waals surface area contributed by atoms with Gasteiger partial charge in [-0.1, -0.05) is 29.8 Å². The summed E-state index contributed by atoms with van der Waals surface area (Å²) in [6.07, 6.45) is 0. The minimum Gasteiger partial charge on any atom is -0.492 e. The minimum atomic E-state index is 0.531. The second-order valence-corrected chi connectivity index (χ2v) is 7.10. The van der Waals surface area contributed by atoms with Crippen LogP contribution in [0.3, 0.4) is 0 Å². The van der Waals surface area contributed by atoms with Gasteiger partial charge < -0.3 is 14.4 Å². The molecular formula is C21H29N5O2. The molecule has 1 aromatic heterocycles. The second-order valence-electron chi connectivity index (χ2n) is 7.10. The van der Waals surface area contributed by atoms with E-state index in [1.165, 1.54) is 5.56 Å². The summed E-state index contributed by atoms with van der Waals surface area (Å²) in [6.45, 7) is 7.62. The summed E-state index contributed by atoms with van der Waals surface area (Å²) in [7, 11) is 3.90. The molecule has 1 aliphatic heterocycles. The maximum Gasteiger partial charge on any atom is 0.179 e. The van der Waals surface area contributed by atoms with Gasteiger partial charge in [0.1, 0.15) is 18.2 Å². The highest BCUT2D eigenvalue weighted by Crippen LogP contribution is 2.24. The van der Waals surface area contributed by atoms with E-state index in [0.717, 1.165) is 50.0 Å². The Kier molecular flexibility index (Phi) is 7.33. The van der Waals surface area contributed by atoms with Crippen molar-refractivity contribution in [3.63, 3.8) is 0 Å². The van der Waals surface area contributed by atoms with Crippen LogP contribution in [0.2, 0.25) is 0 Å². The van der Waals surface area contributed by atoms with Crippen molar-refractivity contribution in [1.29, 1.82) is 0 Å². The third kappa shape index (κ3) is 6.28. The summed E-state index contributed by atoms with van der Waals surface area (Å²) in [6, 6.07) is 12.0. The number of morpholine rings is 1. The first-order valence-corrected chi connectivity index (χ1v) is 9.65. The zero-order valence-electron chi connectivity index (χ0n) is 17.0. The Morgan fingerprint density at radius 1 is 1.18 bits per heavy atom. The monoisotopic (exact) mass is 383 g/mol. The van der Waals surface area contributed by atoms with Crippen molar-refractivity contribution in [2.75, 3.05) is 58.5 Å². The van der Waals surface area contributed by atoms with Gasteiger partial charge >= 0.3 is 0 Å². The van der Waals surface area contributed by atoms with E-state index in [4.69, 9.17) is 9.47 Å². The molecule has 0 spiro atoms. The van der Waals surface area contributed by atoms with Gasteiger partial charge in [-0.25, -0.2) is 4.98 Å². The van der Waals surface area contributed by atoms with Gasteiger partial charge in [-0.3, -0.25) is 4.90 Å². The van der Waals surface area contributed by atoms with E-state index in [2.05, 4.69) is 45.2 Å². The van der Waals surface area contributed by atoms with Crippen molar-refractivity contribution in [3.8, 4) is 5.75 Å². The number of ether oxygens (including phenoxy) is 2. The molecule has 28 heavy (non-hydrogen) atoms. The molecule has 1 aromatic carbocycles. The van der Waals surface area contributed by atoms with Crippen LogP contribution in [0.4, 0.5) is 11.6 Å². The van der Waals surface area contributed by atoms with E-state index < -0.39 is 0 Å². The lowest BCUT2D eigenvalue weighted by Crippen LogP contribution is -2.38. The number of azo groups is 1. The predicted octanol–water partition coefficient (Wildman–Crippen LogP) is 3.45. The highest BCUT2D eigenvalue weighted by molar-refractivity contribution is 5.49. The van der Waals surface area contributed by atoms with Gasteiger partial charge in [0.15, 0.2) is 5.82 Å². The molecule has 2 aromatic rings. The molecule has 1 aliphatic rings. The Hall–Kier alpha value is -2.51. The van der Waals surface area contributed by atoms with Crippen LogP contribution in [-0.4, -0.2) is 63.4 Å². The molecule has 0 atom stereocenters. The van der Waals surface area contributed by atoms with Crippen molar-refractivity contribution in [3.05, 3.63) is 47.5 Å². The molecule has 0 radical (unpaired) electrons. The van der Waals surface area contributed by atoms with E-state index in [0.29, 0.717) is 19.0 Å². The predicted molar refractivity (Wildman–Crippen MR) is 111 cm³/mol. The highest BCUT2D eigenvalue weighted by atomic mass is 16.5. The molecule has 0 aliphatic carbocycles. The van der Waals surface area contributed by atoms with Crippen LogP contribution in [0.5, 0.6) is 5.75 Å². The zero-order valence-corrected chi connectivity index (χ0v) is 17.0. The number of pyridine rings is 1. The molecule has 1 fully saturated rings. The van der Waals surface area contributed by atoms with Crippen molar-refractivity contribution >= 4 is 11.6 Å². The lowest BCUT2D eigenvalue weighted by Gasteiger charge is -2.26. The number of rotatable bonds is 8. The van der Waals surface area contributed by atoms with Crippen LogP contribution >= 0.6 is 0 Å². The van der Waals surface area contributed by atoms with Gasteiger partial charge in [-0.15, -0.1) is 5.11 Å². The molecule has 0 amide bonds. The van der Waals surface area contributed by atoms with E-state index in [9.17, 15) is 0 Å². The Labute approximate surface area is 167 Å². The number of benzene rings is 1. The van der Waals surface area contributed by atoms with Gasteiger partial charge in [0.25, 0.3) is 0 Å². The summed E-state index contributed by atoms with van der Waals surface area (Å²) in [5.41, 5.74) is 2.35. The minimum absolute atomic E-state index is 0.531. The Bertz CT molecular complexity index is 788. The van der Waals surface area contributed by atoms with Gasteiger partial charge in [-0.05, 0) is 12.5 Å². The molecule has 0 saturated carbocycles. The average Bonchev–Trinajstić information content (AvgIpc) is 2.69. The maximum atomic E-state index is 5.97. The molecule has 7 nitrogen and oxygen atoms in total. The molecule has 1 saturated heterocycles. The van der Waals surface area contributed by atoms with E-state index in [-0.39, 0.29) is 0 Å². The lowest BCUT2D eigenvalue weighted by molar-refractivity contribution is 0.0322. The maximum absolute atomic E-state index is 5.97. The molecule has 0 unspecified atom stereocenters. The number of aromatic nitrogens is 1. The van der Waals surface area contributed by atoms with Crippen molar-refractivity contribution in [2.45, 2.75) is 13.5 Å². The Morgan fingerprint density at radius 3 is 2.75 bits per heavy atom.